The van der Waals surface area contributed by atoms with Crippen LogP contribution in [0.3, 0.4) is 0 Å². The fourth-order valence-electron chi connectivity index (χ4n) is 2.96. The van der Waals surface area contributed by atoms with Crippen LogP contribution in [0.5, 0.6) is 0 Å². The van der Waals surface area contributed by atoms with Gasteiger partial charge in [0.2, 0.25) is 0 Å². The van der Waals surface area contributed by atoms with E-state index in [1.165, 1.54) is 17.7 Å². The largest absolute Gasteiger partial charge is 0.465 e. The monoisotopic (exact) mass is 427 g/mol. The molecule has 0 fully saturated rings. The molecule has 0 bridgehead atoms. The number of nitro benzene ring substituents is 1. The highest BCUT2D eigenvalue weighted by Crippen LogP contribution is 2.23. The molecule has 2 aromatic carbocycles. The average molecular weight is 427 g/mol. The van der Waals surface area contributed by atoms with Gasteiger partial charge in [0.05, 0.1) is 28.2 Å². The van der Waals surface area contributed by atoms with Crippen molar-refractivity contribution in [1.82, 2.24) is 4.57 Å². The van der Waals surface area contributed by atoms with E-state index >= 15 is 0 Å². The van der Waals surface area contributed by atoms with E-state index in [1.54, 1.807) is 17.6 Å². The number of amides is 1. The maximum Gasteiger partial charge on any atom is 0.326 e. The minimum Gasteiger partial charge on any atom is -0.465 e. The molecule has 0 aliphatic carbocycles. The van der Waals surface area contributed by atoms with Crippen molar-refractivity contribution in [2.75, 3.05) is 6.61 Å². The van der Waals surface area contributed by atoms with Crippen LogP contribution in [-0.4, -0.2) is 28.0 Å². The van der Waals surface area contributed by atoms with Crippen molar-refractivity contribution < 1.29 is 19.2 Å². The summed E-state index contributed by atoms with van der Waals surface area (Å²) < 4.78 is 7.13. The van der Waals surface area contributed by atoms with Crippen LogP contribution in [0.4, 0.5) is 5.69 Å². The van der Waals surface area contributed by atoms with Crippen LogP contribution in [0.1, 0.15) is 25.0 Å². The van der Waals surface area contributed by atoms with E-state index in [4.69, 9.17) is 4.74 Å². The zero-order chi connectivity index (χ0) is 21.7. The fraction of sp³-hybridized carbons (Fsp3) is 0.286. The highest BCUT2D eigenvalue weighted by Gasteiger charge is 2.15. The Bertz CT molecular complexity index is 1160. The lowest BCUT2D eigenvalue weighted by molar-refractivity contribution is -0.384. The van der Waals surface area contributed by atoms with E-state index in [1.807, 2.05) is 24.3 Å². The summed E-state index contributed by atoms with van der Waals surface area (Å²) in [5, 5.41) is 11.1. The molecule has 0 N–H and O–H groups in total. The van der Waals surface area contributed by atoms with Crippen LogP contribution in [0.2, 0.25) is 0 Å². The third-order valence-corrected chi connectivity index (χ3v) is 5.52. The molecule has 3 rings (SSSR count). The molecule has 30 heavy (non-hydrogen) atoms. The van der Waals surface area contributed by atoms with E-state index in [-0.39, 0.29) is 31.2 Å². The Kier molecular flexibility index (Phi) is 6.73. The molecule has 0 saturated heterocycles. The van der Waals surface area contributed by atoms with E-state index in [9.17, 15) is 19.7 Å². The van der Waals surface area contributed by atoms with E-state index < -0.39 is 10.9 Å². The second-order valence-electron chi connectivity index (χ2n) is 6.54. The Morgan fingerprint density at radius 1 is 1.13 bits per heavy atom. The lowest BCUT2D eigenvalue weighted by atomic mass is 10.1. The lowest BCUT2D eigenvalue weighted by Crippen LogP contribution is -2.23. The van der Waals surface area contributed by atoms with Gasteiger partial charge in [-0.25, -0.2) is 0 Å². The number of esters is 1. The number of aromatic nitrogens is 1. The Hall–Kier alpha value is -3.33. The number of hydrogen-bond acceptors (Lipinski definition) is 6. The second-order valence-corrected chi connectivity index (χ2v) is 7.55. The molecule has 3 aromatic rings. The number of aryl methyl sites for hydroxylation is 1. The number of carbonyl (C=O) groups excluding carboxylic acids is 2. The summed E-state index contributed by atoms with van der Waals surface area (Å²) in [6.07, 6.45) is 1.04. The van der Waals surface area contributed by atoms with E-state index in [2.05, 4.69) is 11.9 Å². The Morgan fingerprint density at radius 3 is 2.47 bits per heavy atom. The van der Waals surface area contributed by atoms with Gasteiger partial charge in [0, 0.05) is 12.1 Å². The van der Waals surface area contributed by atoms with Gasteiger partial charge in [-0.2, -0.15) is 4.99 Å². The first kappa shape index (κ1) is 21.4. The maximum atomic E-state index is 12.6. The van der Waals surface area contributed by atoms with Gasteiger partial charge in [-0.1, -0.05) is 42.5 Å². The molecule has 8 nitrogen and oxygen atoms in total. The molecule has 1 aromatic heterocycles. The summed E-state index contributed by atoms with van der Waals surface area (Å²) in [6.45, 7) is 3.86. The van der Waals surface area contributed by atoms with Gasteiger partial charge in [-0.15, -0.1) is 0 Å². The lowest BCUT2D eigenvalue weighted by Gasteiger charge is -2.05. The third kappa shape index (κ3) is 4.98. The minimum atomic E-state index is -0.489. The van der Waals surface area contributed by atoms with Crippen molar-refractivity contribution >= 4 is 39.1 Å². The molecule has 0 radical (unpaired) electrons. The fourth-order valence-corrected chi connectivity index (χ4v) is 4.04. The number of non-ortho nitro benzene ring substituents is 1. The van der Waals surface area contributed by atoms with Gasteiger partial charge >= 0.3 is 5.97 Å². The highest BCUT2D eigenvalue weighted by atomic mass is 32.1. The standard InChI is InChI=1S/C21H21N3O5S/c1-3-14-5-7-15(8-6-14)11-19(25)22-21-23(13-20(26)29-4-2)17-10-9-16(24(27)28)12-18(17)30-21/h5-10,12H,3-4,11,13H2,1-2H3. The molecule has 9 heteroatoms. The van der Waals surface area contributed by atoms with Crippen molar-refractivity contribution in [3.05, 3.63) is 68.5 Å². The molecular formula is C21H21N3O5S. The summed E-state index contributed by atoms with van der Waals surface area (Å²) in [5.74, 6) is -0.836. The first-order valence-electron chi connectivity index (χ1n) is 9.50. The number of nitro groups is 1. The molecule has 1 heterocycles. The van der Waals surface area contributed by atoms with E-state index in [0.717, 1.165) is 23.3 Å². The predicted molar refractivity (Wildman–Crippen MR) is 113 cm³/mol. The van der Waals surface area contributed by atoms with E-state index in [0.29, 0.717) is 15.0 Å². The number of fused-ring (bicyclic) bond motifs is 1. The van der Waals surface area contributed by atoms with Crippen LogP contribution in [0, 0.1) is 10.1 Å². The number of rotatable bonds is 7. The zero-order valence-electron chi connectivity index (χ0n) is 16.7. The summed E-state index contributed by atoms with van der Waals surface area (Å²) in [7, 11) is 0. The molecule has 0 atom stereocenters. The normalized spacial score (nSPS) is 11.6. The first-order valence-corrected chi connectivity index (χ1v) is 10.3. The van der Waals surface area contributed by atoms with Crippen molar-refractivity contribution in [2.45, 2.75) is 33.2 Å². The number of nitrogens with zero attached hydrogens (tertiary/aromatic N) is 3. The molecule has 0 saturated carbocycles. The number of hydrogen-bond donors (Lipinski definition) is 0. The molecule has 0 aliphatic rings. The summed E-state index contributed by atoms with van der Waals surface area (Å²) in [5.41, 5.74) is 2.54. The molecular weight excluding hydrogens is 406 g/mol. The van der Waals surface area contributed by atoms with Crippen molar-refractivity contribution in [3.63, 3.8) is 0 Å². The molecule has 1 amide bonds. The molecule has 0 unspecified atom stereocenters. The van der Waals surface area contributed by atoms with Crippen LogP contribution in [0.25, 0.3) is 10.2 Å². The van der Waals surface area contributed by atoms with Gasteiger partial charge in [0.1, 0.15) is 6.54 Å². The smallest absolute Gasteiger partial charge is 0.326 e. The number of benzene rings is 2. The number of thiazole rings is 1. The van der Waals surface area contributed by atoms with Crippen molar-refractivity contribution in [1.29, 1.82) is 0 Å². The van der Waals surface area contributed by atoms with Crippen LogP contribution in [0.15, 0.2) is 47.5 Å². The third-order valence-electron chi connectivity index (χ3n) is 4.48. The van der Waals surface area contributed by atoms with Crippen molar-refractivity contribution in [3.8, 4) is 0 Å². The average Bonchev–Trinajstić information content (AvgIpc) is 3.04. The Balaban J connectivity index is 1.99. The van der Waals surface area contributed by atoms with Crippen LogP contribution >= 0.6 is 11.3 Å². The topological polar surface area (TPSA) is 104 Å². The second kappa shape index (κ2) is 9.45. The quantitative estimate of drug-likeness (QED) is 0.326. The van der Waals surface area contributed by atoms with Crippen LogP contribution in [-0.2, 0) is 33.7 Å². The summed E-state index contributed by atoms with van der Waals surface area (Å²) in [4.78, 5) is 39.7. The van der Waals surface area contributed by atoms with Gasteiger partial charge in [0.25, 0.3) is 11.6 Å². The number of ether oxygens (including phenoxy) is 1. The van der Waals surface area contributed by atoms with Crippen molar-refractivity contribution in [2.24, 2.45) is 4.99 Å². The molecule has 156 valence electrons. The highest BCUT2D eigenvalue weighted by molar-refractivity contribution is 7.16. The Labute approximate surface area is 176 Å². The Morgan fingerprint density at radius 2 is 1.83 bits per heavy atom. The predicted octanol–water partition coefficient (Wildman–Crippen LogP) is 3.41. The SMILES string of the molecule is CCOC(=O)Cn1c(=NC(=O)Cc2ccc(CC)cc2)sc2cc([N+](=O)[O-])ccc21. The first-order chi connectivity index (χ1) is 14.4. The molecule has 0 spiro atoms. The maximum absolute atomic E-state index is 12.6. The zero-order valence-corrected chi connectivity index (χ0v) is 17.5. The van der Waals surface area contributed by atoms with Crippen LogP contribution < -0.4 is 4.80 Å². The molecule has 0 aliphatic heterocycles. The summed E-state index contributed by atoms with van der Waals surface area (Å²) in [6, 6.07) is 12.1. The van der Waals surface area contributed by atoms with Gasteiger partial charge in [0.15, 0.2) is 4.80 Å². The summed E-state index contributed by atoms with van der Waals surface area (Å²) >= 11 is 1.12. The van der Waals surface area contributed by atoms with Gasteiger partial charge in [-0.3, -0.25) is 19.7 Å². The minimum absolute atomic E-state index is 0.0686. The number of carbonyl (C=O) groups is 2. The van der Waals surface area contributed by atoms with Gasteiger partial charge in [-0.05, 0) is 30.5 Å². The van der Waals surface area contributed by atoms with Gasteiger partial charge < -0.3 is 9.30 Å².